The van der Waals surface area contributed by atoms with Crippen molar-refractivity contribution in [1.82, 2.24) is 0 Å². The van der Waals surface area contributed by atoms with Crippen LogP contribution in [0.2, 0.25) is 0 Å². The molecule has 3 heteroatoms. The number of rotatable bonds is 13. The third-order valence-electron chi connectivity index (χ3n) is 6.47. The number of hydrogen-bond acceptors (Lipinski definition) is 3. The number of esters is 1. The Labute approximate surface area is 195 Å². The van der Waals surface area contributed by atoms with Gasteiger partial charge in [0.2, 0.25) is 0 Å². The molecule has 0 aliphatic heterocycles. The molecule has 32 heavy (non-hydrogen) atoms. The average molecular weight is 439 g/mol. The van der Waals surface area contributed by atoms with E-state index in [9.17, 15) is 4.79 Å². The fourth-order valence-corrected chi connectivity index (χ4v) is 4.23. The van der Waals surface area contributed by atoms with Crippen LogP contribution >= 0.6 is 0 Å². The fraction of sp³-hybridized carbons (Fsp3) is 0.552. The fourth-order valence-electron chi connectivity index (χ4n) is 4.23. The Kier molecular flexibility index (Phi) is 11.3. The average Bonchev–Trinajstić information content (AvgIpc) is 2.78. The van der Waals surface area contributed by atoms with Gasteiger partial charge in [0, 0.05) is 0 Å². The summed E-state index contributed by atoms with van der Waals surface area (Å²) in [5.74, 6) is 2.06. The molecule has 1 aliphatic carbocycles. The lowest BCUT2D eigenvalue weighted by Crippen LogP contribution is -2.14. The van der Waals surface area contributed by atoms with Gasteiger partial charge < -0.3 is 9.47 Å². The Morgan fingerprint density at radius 3 is 2.28 bits per heavy atom. The van der Waals surface area contributed by atoms with Crippen LogP contribution in [-0.4, -0.2) is 12.6 Å². The second-order valence-corrected chi connectivity index (χ2v) is 9.31. The van der Waals surface area contributed by atoms with E-state index in [1.54, 1.807) is 12.1 Å². The lowest BCUT2D eigenvalue weighted by atomic mass is 9.78. The molecule has 3 nitrogen and oxygen atoms in total. The first-order chi connectivity index (χ1) is 15.4. The molecule has 1 saturated carbocycles. The van der Waals surface area contributed by atoms with Crippen LogP contribution in [-0.2, 0) is 4.74 Å². The summed E-state index contributed by atoms with van der Waals surface area (Å²) in [6, 6.07) is 7.13. The highest BCUT2D eigenvalue weighted by molar-refractivity contribution is 5.90. The van der Waals surface area contributed by atoms with E-state index in [0.29, 0.717) is 23.8 Å². The van der Waals surface area contributed by atoms with Gasteiger partial charge in [0.25, 0.3) is 0 Å². The molecule has 1 aliphatic rings. The molecule has 0 atom stereocenters. The molecule has 0 spiro atoms. The number of carbonyl (C=O) groups is 1. The van der Waals surface area contributed by atoms with Gasteiger partial charge in [0.15, 0.2) is 0 Å². The number of allylic oxidation sites excluding steroid dienone is 3. The van der Waals surface area contributed by atoms with E-state index in [1.165, 1.54) is 57.8 Å². The highest BCUT2D eigenvalue weighted by Crippen LogP contribution is 2.35. The van der Waals surface area contributed by atoms with Crippen LogP contribution < -0.4 is 4.74 Å². The zero-order chi connectivity index (χ0) is 23.3. The Morgan fingerprint density at radius 1 is 1.00 bits per heavy atom. The molecule has 0 saturated heterocycles. The molecule has 0 amide bonds. The Hall–Kier alpha value is -2.29. The lowest BCUT2D eigenvalue weighted by molar-refractivity contribution is 0.0638. The molecule has 0 heterocycles. The van der Waals surface area contributed by atoms with E-state index in [2.05, 4.69) is 27.0 Å². The van der Waals surface area contributed by atoms with Gasteiger partial charge in [-0.15, -0.1) is 0 Å². The van der Waals surface area contributed by atoms with Crippen molar-refractivity contribution >= 4 is 5.97 Å². The smallest absolute Gasteiger partial charge is 0.343 e. The second-order valence-electron chi connectivity index (χ2n) is 9.31. The Morgan fingerprint density at radius 2 is 1.62 bits per heavy atom. The molecule has 1 aromatic rings. The first kappa shape index (κ1) is 26.0. The van der Waals surface area contributed by atoms with Crippen LogP contribution in [0.1, 0.15) is 95.3 Å². The maximum absolute atomic E-state index is 12.5. The number of carbonyl (C=O) groups excluding carboxylic acids is 1. The summed E-state index contributed by atoms with van der Waals surface area (Å²) >= 11 is 0. The highest BCUT2D eigenvalue weighted by atomic mass is 16.5. The standard InChI is InChI=1S/C29H42O3/c1-6-7-8-9-10-11-20-31-28-18-16-27(17-19-28)29(30)32-24(4)21-23(3)25(5)26-14-12-22(2)13-15-26/h16-19,21-22,26H,4-15,20H2,1-3H3/b23-21-. The van der Waals surface area contributed by atoms with E-state index in [-0.39, 0.29) is 0 Å². The van der Waals surface area contributed by atoms with Gasteiger partial charge in [-0.3, -0.25) is 0 Å². The first-order valence-electron chi connectivity index (χ1n) is 12.4. The summed E-state index contributed by atoms with van der Waals surface area (Å²) in [4.78, 5) is 12.5. The molecule has 176 valence electrons. The van der Waals surface area contributed by atoms with Crippen molar-refractivity contribution in [2.75, 3.05) is 6.61 Å². The van der Waals surface area contributed by atoms with Crippen molar-refractivity contribution in [1.29, 1.82) is 0 Å². The molecular weight excluding hydrogens is 396 g/mol. The van der Waals surface area contributed by atoms with Crippen LogP contribution in [0.3, 0.4) is 0 Å². The van der Waals surface area contributed by atoms with Crippen LogP contribution in [0.4, 0.5) is 0 Å². The quantitative estimate of drug-likeness (QED) is 0.134. The van der Waals surface area contributed by atoms with E-state index < -0.39 is 5.97 Å². The summed E-state index contributed by atoms with van der Waals surface area (Å²) < 4.78 is 11.2. The van der Waals surface area contributed by atoms with E-state index in [4.69, 9.17) is 9.47 Å². The van der Waals surface area contributed by atoms with Gasteiger partial charge in [-0.2, -0.15) is 0 Å². The third kappa shape index (κ3) is 9.06. The van der Waals surface area contributed by atoms with Gasteiger partial charge >= 0.3 is 5.97 Å². The maximum Gasteiger partial charge on any atom is 0.343 e. The van der Waals surface area contributed by atoms with Crippen LogP contribution in [0.25, 0.3) is 0 Å². The van der Waals surface area contributed by atoms with Gasteiger partial charge in [0.05, 0.1) is 12.2 Å². The van der Waals surface area contributed by atoms with Crippen molar-refractivity contribution in [2.24, 2.45) is 11.8 Å². The molecule has 0 aromatic heterocycles. The van der Waals surface area contributed by atoms with E-state index in [1.807, 2.05) is 25.1 Å². The van der Waals surface area contributed by atoms with Gasteiger partial charge in [0.1, 0.15) is 11.5 Å². The van der Waals surface area contributed by atoms with E-state index >= 15 is 0 Å². The SMILES string of the molecule is C=C(/C=C(/C)C(=C)C1CCC(C)CC1)OC(=O)c1ccc(OCCCCCCCC)cc1. The van der Waals surface area contributed by atoms with Crippen molar-refractivity contribution in [3.63, 3.8) is 0 Å². The topological polar surface area (TPSA) is 35.5 Å². The molecule has 0 unspecified atom stereocenters. The molecule has 1 fully saturated rings. The molecular formula is C29H42O3. The predicted molar refractivity (Wildman–Crippen MR) is 134 cm³/mol. The van der Waals surface area contributed by atoms with Gasteiger partial charge in [-0.25, -0.2) is 4.79 Å². The van der Waals surface area contributed by atoms with Gasteiger partial charge in [-0.1, -0.05) is 72.0 Å². The summed E-state index contributed by atoms with van der Waals surface area (Å²) in [5, 5.41) is 0. The number of unbranched alkanes of at least 4 members (excludes halogenated alkanes) is 5. The minimum absolute atomic E-state index is 0.348. The molecule has 0 N–H and O–H groups in total. The minimum atomic E-state index is -0.404. The van der Waals surface area contributed by atoms with Crippen molar-refractivity contribution in [3.8, 4) is 5.75 Å². The summed E-state index contributed by atoms with van der Waals surface area (Å²) in [5.41, 5.74) is 2.67. The van der Waals surface area contributed by atoms with E-state index in [0.717, 1.165) is 29.2 Å². The highest BCUT2D eigenvalue weighted by Gasteiger charge is 2.21. The van der Waals surface area contributed by atoms with Crippen molar-refractivity contribution in [3.05, 3.63) is 66.0 Å². The normalized spacial score (nSPS) is 18.8. The second kappa shape index (κ2) is 14.0. The summed E-state index contributed by atoms with van der Waals surface area (Å²) in [7, 11) is 0. The third-order valence-corrected chi connectivity index (χ3v) is 6.47. The number of ether oxygens (including phenoxy) is 2. The minimum Gasteiger partial charge on any atom is -0.494 e. The van der Waals surface area contributed by atoms with Crippen molar-refractivity contribution < 1.29 is 14.3 Å². The van der Waals surface area contributed by atoms with Crippen molar-refractivity contribution in [2.45, 2.75) is 85.0 Å². The monoisotopic (exact) mass is 438 g/mol. The van der Waals surface area contributed by atoms with Crippen LogP contribution in [0.15, 0.2) is 60.4 Å². The van der Waals surface area contributed by atoms with Gasteiger partial charge in [-0.05, 0) is 79.5 Å². The molecule has 2 rings (SSSR count). The molecule has 1 aromatic carbocycles. The Bertz CT molecular complexity index is 764. The van der Waals surface area contributed by atoms with Crippen LogP contribution in [0.5, 0.6) is 5.75 Å². The Balaban J connectivity index is 1.76. The molecule has 0 radical (unpaired) electrons. The number of benzene rings is 1. The maximum atomic E-state index is 12.5. The lowest BCUT2D eigenvalue weighted by Gasteiger charge is -2.28. The first-order valence-corrected chi connectivity index (χ1v) is 12.4. The predicted octanol–water partition coefficient (Wildman–Crippen LogP) is 8.43. The zero-order valence-corrected chi connectivity index (χ0v) is 20.5. The zero-order valence-electron chi connectivity index (χ0n) is 20.5. The number of hydrogen-bond donors (Lipinski definition) is 0. The largest absolute Gasteiger partial charge is 0.494 e. The summed E-state index contributed by atoms with van der Waals surface area (Å²) in [6.45, 7) is 15.5. The van der Waals surface area contributed by atoms with Crippen LogP contribution in [0, 0.1) is 11.8 Å². The molecule has 0 bridgehead atoms. The summed E-state index contributed by atoms with van der Waals surface area (Å²) in [6.07, 6.45) is 14.1.